The molecule has 3 atom stereocenters. The number of amides is 1. The van der Waals surface area contributed by atoms with Crippen LogP contribution in [0.25, 0.3) is 11.0 Å². The van der Waals surface area contributed by atoms with E-state index >= 15 is 0 Å². The van der Waals surface area contributed by atoms with E-state index in [0.29, 0.717) is 24.2 Å². The maximum absolute atomic E-state index is 12.0. The van der Waals surface area contributed by atoms with Crippen molar-refractivity contribution in [3.05, 3.63) is 36.1 Å². The standard InChI is InChI=1S/C15H28N2O.C10H8O2/c1-5-11-8-12-6-7-13(9-11)17(12)10-14(18)16-15(2,3)4;1-7(11)9-6-12-10-5-3-2-4-8(9)10/h11-13H,5-10H2,1-4H3,(H,16,18);2-6H,1H3/t11?,12-,13+;. The molecule has 5 heteroatoms. The molecule has 2 saturated heterocycles. The zero-order chi connectivity index (χ0) is 21.9. The van der Waals surface area contributed by atoms with E-state index in [1.54, 1.807) is 0 Å². The van der Waals surface area contributed by atoms with E-state index in [1.165, 1.54) is 45.3 Å². The lowest BCUT2D eigenvalue weighted by atomic mass is 9.89. The predicted molar refractivity (Wildman–Crippen MR) is 121 cm³/mol. The molecule has 1 aromatic heterocycles. The van der Waals surface area contributed by atoms with E-state index in [2.05, 4.69) is 17.1 Å². The summed E-state index contributed by atoms with van der Waals surface area (Å²) >= 11 is 0. The highest BCUT2D eigenvalue weighted by Gasteiger charge is 2.40. The molecule has 164 valence electrons. The molecule has 0 radical (unpaired) electrons. The van der Waals surface area contributed by atoms with Crippen molar-refractivity contribution in [2.75, 3.05) is 6.54 Å². The van der Waals surface area contributed by atoms with E-state index in [-0.39, 0.29) is 17.2 Å². The molecule has 2 aliphatic heterocycles. The lowest BCUT2D eigenvalue weighted by molar-refractivity contribution is -0.125. The van der Waals surface area contributed by atoms with Crippen LogP contribution in [-0.2, 0) is 4.79 Å². The van der Waals surface area contributed by atoms with Crippen molar-refractivity contribution in [1.29, 1.82) is 0 Å². The minimum absolute atomic E-state index is 0.0416. The largest absolute Gasteiger partial charge is 0.464 e. The zero-order valence-corrected chi connectivity index (χ0v) is 19.0. The molecule has 0 aliphatic carbocycles. The number of Topliss-reactive ketones (excluding diaryl/α,β-unsaturated/α-hetero) is 1. The van der Waals surface area contributed by atoms with Gasteiger partial charge in [-0.1, -0.05) is 31.5 Å². The van der Waals surface area contributed by atoms with Gasteiger partial charge in [-0.25, -0.2) is 0 Å². The van der Waals surface area contributed by atoms with Crippen LogP contribution in [0.5, 0.6) is 0 Å². The first-order chi connectivity index (χ1) is 14.2. The number of piperidine rings is 1. The highest BCUT2D eigenvalue weighted by Crippen LogP contribution is 2.39. The van der Waals surface area contributed by atoms with Crippen LogP contribution in [0.2, 0.25) is 0 Å². The number of hydrogen-bond donors (Lipinski definition) is 1. The van der Waals surface area contributed by atoms with Crippen molar-refractivity contribution in [2.24, 2.45) is 5.92 Å². The number of ketones is 1. The van der Waals surface area contributed by atoms with Crippen molar-refractivity contribution >= 4 is 22.7 Å². The molecule has 3 heterocycles. The molecular weight excluding hydrogens is 376 g/mol. The molecule has 2 aliphatic rings. The van der Waals surface area contributed by atoms with Gasteiger partial charge in [0.1, 0.15) is 11.8 Å². The fourth-order valence-corrected chi connectivity index (χ4v) is 4.85. The maximum Gasteiger partial charge on any atom is 0.234 e. The minimum Gasteiger partial charge on any atom is -0.464 e. The Morgan fingerprint density at radius 2 is 1.77 bits per heavy atom. The van der Waals surface area contributed by atoms with E-state index in [9.17, 15) is 9.59 Å². The quantitative estimate of drug-likeness (QED) is 0.702. The van der Waals surface area contributed by atoms with Crippen molar-refractivity contribution in [2.45, 2.75) is 84.3 Å². The van der Waals surface area contributed by atoms with Gasteiger partial charge in [-0.15, -0.1) is 0 Å². The van der Waals surface area contributed by atoms with Gasteiger partial charge in [0, 0.05) is 23.0 Å². The van der Waals surface area contributed by atoms with Gasteiger partial charge in [-0.2, -0.15) is 0 Å². The van der Waals surface area contributed by atoms with Crippen LogP contribution in [0.15, 0.2) is 34.9 Å². The summed E-state index contributed by atoms with van der Waals surface area (Å²) in [4.78, 5) is 25.6. The summed E-state index contributed by atoms with van der Waals surface area (Å²) in [5.41, 5.74) is 1.31. The molecule has 2 fully saturated rings. The fourth-order valence-electron chi connectivity index (χ4n) is 4.85. The van der Waals surface area contributed by atoms with Gasteiger partial charge in [-0.05, 0) is 65.4 Å². The molecule has 1 amide bonds. The van der Waals surface area contributed by atoms with Gasteiger partial charge in [0.15, 0.2) is 5.78 Å². The van der Waals surface area contributed by atoms with Crippen LogP contribution in [0.4, 0.5) is 0 Å². The number of nitrogens with one attached hydrogen (secondary N) is 1. The van der Waals surface area contributed by atoms with Crippen LogP contribution in [0, 0.1) is 5.92 Å². The number of nitrogens with zero attached hydrogens (tertiary/aromatic N) is 1. The first-order valence-corrected chi connectivity index (χ1v) is 11.2. The molecule has 1 unspecified atom stereocenters. The fraction of sp³-hybridized carbons (Fsp3) is 0.600. The third-order valence-corrected chi connectivity index (χ3v) is 6.26. The van der Waals surface area contributed by atoms with Gasteiger partial charge in [-0.3, -0.25) is 14.5 Å². The van der Waals surface area contributed by atoms with Gasteiger partial charge < -0.3 is 9.73 Å². The number of furan rings is 1. The second kappa shape index (κ2) is 9.34. The van der Waals surface area contributed by atoms with Gasteiger partial charge >= 0.3 is 0 Å². The smallest absolute Gasteiger partial charge is 0.234 e. The normalized spacial score (nSPS) is 23.7. The summed E-state index contributed by atoms with van der Waals surface area (Å²) in [6.45, 7) is 10.6. The second-order valence-electron chi connectivity index (χ2n) is 9.80. The van der Waals surface area contributed by atoms with Crippen LogP contribution in [0.3, 0.4) is 0 Å². The number of hydrogen-bond acceptors (Lipinski definition) is 4. The predicted octanol–water partition coefficient (Wildman–Crippen LogP) is 5.19. The molecule has 4 rings (SSSR count). The third-order valence-electron chi connectivity index (χ3n) is 6.26. The van der Waals surface area contributed by atoms with Gasteiger partial charge in [0.05, 0.1) is 12.1 Å². The van der Waals surface area contributed by atoms with Crippen molar-refractivity contribution in [3.8, 4) is 0 Å². The Morgan fingerprint density at radius 1 is 1.13 bits per heavy atom. The summed E-state index contributed by atoms with van der Waals surface area (Å²) in [5, 5.41) is 3.97. The first kappa shape index (κ1) is 22.5. The summed E-state index contributed by atoms with van der Waals surface area (Å²) in [7, 11) is 0. The van der Waals surface area contributed by atoms with Crippen LogP contribution in [-0.4, -0.2) is 40.8 Å². The van der Waals surface area contributed by atoms with Gasteiger partial charge in [0.25, 0.3) is 0 Å². The topological polar surface area (TPSA) is 62.6 Å². The highest BCUT2D eigenvalue weighted by atomic mass is 16.3. The van der Waals surface area contributed by atoms with E-state index in [1.807, 2.05) is 45.0 Å². The zero-order valence-electron chi connectivity index (χ0n) is 19.0. The van der Waals surface area contributed by atoms with Gasteiger partial charge in [0.2, 0.25) is 5.91 Å². The van der Waals surface area contributed by atoms with E-state index in [0.717, 1.165) is 16.9 Å². The number of fused-ring (bicyclic) bond motifs is 3. The molecule has 5 nitrogen and oxygen atoms in total. The number of rotatable bonds is 4. The Labute approximate surface area is 180 Å². The Balaban J connectivity index is 0.000000184. The number of carbonyl (C=O) groups excluding carboxylic acids is 2. The summed E-state index contributed by atoms with van der Waals surface area (Å²) in [6, 6.07) is 8.84. The maximum atomic E-state index is 12.0. The summed E-state index contributed by atoms with van der Waals surface area (Å²) in [5.74, 6) is 1.12. The molecule has 30 heavy (non-hydrogen) atoms. The monoisotopic (exact) mass is 412 g/mol. The second-order valence-corrected chi connectivity index (χ2v) is 9.80. The Hall–Kier alpha value is -2.14. The summed E-state index contributed by atoms with van der Waals surface area (Å²) in [6.07, 6.45) is 8.00. The molecule has 2 aromatic rings. The molecular formula is C25H36N2O3. The Morgan fingerprint density at radius 3 is 2.33 bits per heavy atom. The molecule has 1 aromatic carbocycles. The average Bonchev–Trinajstić information content (AvgIpc) is 3.18. The third kappa shape index (κ3) is 5.51. The van der Waals surface area contributed by atoms with Crippen LogP contribution >= 0.6 is 0 Å². The van der Waals surface area contributed by atoms with Crippen LogP contribution in [0.1, 0.15) is 77.1 Å². The lowest BCUT2D eigenvalue weighted by Gasteiger charge is -2.38. The first-order valence-electron chi connectivity index (χ1n) is 11.2. The highest BCUT2D eigenvalue weighted by molar-refractivity contribution is 6.05. The molecule has 2 bridgehead atoms. The van der Waals surface area contributed by atoms with Crippen molar-refractivity contribution < 1.29 is 14.0 Å². The van der Waals surface area contributed by atoms with Crippen molar-refractivity contribution in [1.82, 2.24) is 10.2 Å². The van der Waals surface area contributed by atoms with Crippen molar-refractivity contribution in [3.63, 3.8) is 0 Å². The molecule has 0 saturated carbocycles. The van der Waals surface area contributed by atoms with E-state index in [4.69, 9.17) is 4.42 Å². The SMILES string of the molecule is CC(=O)c1coc2ccccc12.CCC1C[C@H]2CC[C@@H](C1)N2CC(=O)NC(C)(C)C. The van der Waals surface area contributed by atoms with E-state index < -0.39 is 0 Å². The Kier molecular flexibility index (Phi) is 7.02. The number of benzene rings is 1. The molecule has 0 spiro atoms. The number of para-hydroxylation sites is 1. The minimum atomic E-state index is -0.113. The average molecular weight is 413 g/mol. The lowest BCUT2D eigenvalue weighted by Crippen LogP contribution is -2.51. The molecule has 1 N–H and O–H groups in total. The van der Waals surface area contributed by atoms with Crippen LogP contribution < -0.4 is 5.32 Å². The number of carbonyl (C=O) groups is 2. The Bertz CT molecular complexity index is 866. The summed E-state index contributed by atoms with van der Waals surface area (Å²) < 4.78 is 5.19.